The Hall–Kier alpha value is -0.540. The molecule has 0 fully saturated rings. The second-order valence-corrected chi connectivity index (χ2v) is 9.48. The van der Waals surface area contributed by atoms with Crippen LogP contribution >= 0.6 is 0 Å². The number of unbranched alkanes of at least 4 members (excludes halogenated alkanes) is 10. The lowest BCUT2D eigenvalue weighted by molar-refractivity contribution is -0.457. The Labute approximate surface area is 228 Å². The first-order chi connectivity index (χ1) is 18.1. The number of nitrogens with zero attached hydrogens (tertiary/aromatic N) is 1. The van der Waals surface area contributed by atoms with Crippen molar-refractivity contribution in [2.75, 3.05) is 52.7 Å². The van der Waals surface area contributed by atoms with E-state index in [1.165, 1.54) is 51.4 Å². The van der Waals surface area contributed by atoms with Crippen molar-refractivity contribution in [1.82, 2.24) is 4.90 Å². The van der Waals surface area contributed by atoms with Gasteiger partial charge in [0.25, 0.3) is 5.91 Å². The second-order valence-electron chi connectivity index (χ2n) is 9.48. The van der Waals surface area contributed by atoms with Gasteiger partial charge in [0, 0.05) is 45.9 Å². The Bertz CT molecular complexity index is 498. The summed E-state index contributed by atoms with van der Waals surface area (Å²) in [6.07, 6.45) is 20.0. The number of hydrogen-bond donors (Lipinski definition) is 2. The lowest BCUT2D eigenvalue weighted by atomic mass is 10.00. The van der Waals surface area contributed by atoms with E-state index in [9.17, 15) is 10.2 Å². The van der Waals surface area contributed by atoms with Crippen LogP contribution in [0.15, 0.2) is 12.2 Å². The second kappa shape index (κ2) is 24.5. The molecule has 0 heterocycles. The molecule has 0 aromatic rings. The molecule has 0 unspecified atom stereocenters. The van der Waals surface area contributed by atoms with Gasteiger partial charge in [0.05, 0.1) is 13.2 Å². The molecule has 0 spiro atoms. The predicted octanol–water partition coefficient (Wildman–Crippen LogP) is 6.42. The van der Waals surface area contributed by atoms with E-state index in [0.29, 0.717) is 32.8 Å². The van der Waals surface area contributed by atoms with Crippen LogP contribution in [0.3, 0.4) is 0 Å². The first-order valence-electron chi connectivity index (χ1n) is 15.2. The van der Waals surface area contributed by atoms with Crippen LogP contribution in [0.5, 0.6) is 0 Å². The molecule has 0 aliphatic carbocycles. The molecular weight excluding hydrogens is 470 g/mol. The van der Waals surface area contributed by atoms with Crippen LogP contribution in [0.2, 0.25) is 0 Å². The molecule has 0 aromatic heterocycles. The summed E-state index contributed by atoms with van der Waals surface area (Å²) in [6, 6.07) is 0. The highest BCUT2D eigenvalue weighted by Gasteiger charge is 2.59. The molecule has 2 N–H and O–H groups in total. The fourth-order valence-corrected chi connectivity index (χ4v) is 4.97. The van der Waals surface area contributed by atoms with Crippen LogP contribution in [0.25, 0.3) is 0 Å². The van der Waals surface area contributed by atoms with Gasteiger partial charge < -0.3 is 29.2 Å². The molecule has 0 radical (unpaired) electrons. The van der Waals surface area contributed by atoms with Crippen molar-refractivity contribution in [2.45, 2.75) is 130 Å². The van der Waals surface area contributed by atoms with Gasteiger partial charge in [-0.05, 0) is 59.8 Å². The van der Waals surface area contributed by atoms with E-state index >= 15 is 0 Å². The summed E-state index contributed by atoms with van der Waals surface area (Å²) in [5.41, 5.74) is 0. The largest absolute Gasteiger partial charge is 0.395 e. The molecule has 0 aliphatic rings. The number of rotatable bonds is 28. The van der Waals surface area contributed by atoms with Crippen molar-refractivity contribution in [3.05, 3.63) is 12.2 Å². The van der Waals surface area contributed by atoms with Crippen molar-refractivity contribution in [3.8, 4) is 0 Å². The zero-order chi connectivity index (χ0) is 27.7. The topological polar surface area (TPSA) is 80.6 Å². The third-order valence-electron chi connectivity index (χ3n) is 6.59. The summed E-state index contributed by atoms with van der Waals surface area (Å²) < 4.78 is 25.3. The lowest BCUT2D eigenvalue weighted by Crippen LogP contribution is -2.70. The first-order valence-corrected chi connectivity index (χ1v) is 15.2. The van der Waals surface area contributed by atoms with Gasteiger partial charge in [-0.2, -0.15) is 0 Å². The Balaban J connectivity index is 5.08. The predicted molar refractivity (Wildman–Crippen MR) is 153 cm³/mol. The molecule has 0 atom stereocenters. The molecule has 0 saturated carbocycles. The third kappa shape index (κ3) is 13.9. The Morgan fingerprint density at radius 2 is 1.00 bits per heavy atom. The molecule has 0 saturated heterocycles. The highest BCUT2D eigenvalue weighted by Crippen LogP contribution is 2.40. The van der Waals surface area contributed by atoms with Crippen molar-refractivity contribution >= 4 is 0 Å². The van der Waals surface area contributed by atoms with Crippen molar-refractivity contribution in [1.29, 1.82) is 0 Å². The fraction of sp³-hybridized carbons (Fsp3) is 0.933. The van der Waals surface area contributed by atoms with Gasteiger partial charge in [-0.3, -0.25) is 0 Å². The average Bonchev–Trinajstić information content (AvgIpc) is 2.88. The van der Waals surface area contributed by atoms with Crippen molar-refractivity contribution < 1.29 is 29.2 Å². The molecular formula is C30H61NO6. The Morgan fingerprint density at radius 1 is 0.568 bits per heavy atom. The van der Waals surface area contributed by atoms with Crippen molar-refractivity contribution in [3.63, 3.8) is 0 Å². The maximum absolute atomic E-state index is 9.78. The number of hydrogen-bond acceptors (Lipinski definition) is 7. The van der Waals surface area contributed by atoms with Crippen molar-refractivity contribution in [2.24, 2.45) is 0 Å². The summed E-state index contributed by atoms with van der Waals surface area (Å²) in [4.78, 5) is 1.82. The minimum Gasteiger partial charge on any atom is -0.395 e. The average molecular weight is 532 g/mol. The molecule has 0 aromatic carbocycles. The van der Waals surface area contributed by atoms with Crippen LogP contribution in [-0.4, -0.2) is 79.5 Å². The van der Waals surface area contributed by atoms with E-state index in [1.54, 1.807) is 0 Å². The van der Waals surface area contributed by atoms with Gasteiger partial charge in [-0.25, -0.2) is 4.90 Å². The summed E-state index contributed by atoms with van der Waals surface area (Å²) in [5, 5.41) is 19.6. The molecule has 7 nitrogen and oxygen atoms in total. The minimum atomic E-state index is -1.37. The quantitative estimate of drug-likeness (QED) is 0.0685. The molecule has 0 amide bonds. The van der Waals surface area contributed by atoms with Gasteiger partial charge in [0.15, 0.2) is 0 Å². The fourth-order valence-electron chi connectivity index (χ4n) is 4.97. The summed E-state index contributed by atoms with van der Waals surface area (Å²) >= 11 is 0. The van der Waals surface area contributed by atoms with Gasteiger partial charge in [-0.15, -0.1) is 0 Å². The Kier molecular flexibility index (Phi) is 24.1. The number of ether oxygens (including phenoxy) is 4. The monoisotopic (exact) mass is 531 g/mol. The van der Waals surface area contributed by atoms with E-state index in [2.05, 4.69) is 19.1 Å². The van der Waals surface area contributed by atoms with E-state index in [1.807, 2.05) is 32.6 Å². The van der Waals surface area contributed by atoms with Gasteiger partial charge >= 0.3 is 0 Å². The van der Waals surface area contributed by atoms with Gasteiger partial charge in [0.1, 0.15) is 0 Å². The zero-order valence-electron chi connectivity index (χ0n) is 25.0. The number of aliphatic hydroxyl groups is 2. The van der Waals surface area contributed by atoms with E-state index in [-0.39, 0.29) is 26.3 Å². The van der Waals surface area contributed by atoms with Crippen LogP contribution in [0, 0.1) is 0 Å². The Morgan fingerprint density at radius 3 is 1.43 bits per heavy atom. The minimum absolute atomic E-state index is 0.0946. The maximum atomic E-state index is 9.78. The number of aliphatic hydroxyl groups excluding tert-OH is 2. The lowest BCUT2D eigenvalue weighted by Gasteiger charge is -2.52. The van der Waals surface area contributed by atoms with Crippen LogP contribution < -0.4 is 0 Å². The molecule has 7 heteroatoms. The van der Waals surface area contributed by atoms with Crippen LogP contribution in [0.4, 0.5) is 0 Å². The van der Waals surface area contributed by atoms with Crippen LogP contribution in [0.1, 0.15) is 118 Å². The molecule has 0 rings (SSSR count). The SMILES string of the molecule is CCCCCCCCC=CCCCCCCC(OCC)(OCC)C(OCC)(OCC)N(CCO)CCO. The molecule has 222 valence electrons. The van der Waals surface area contributed by atoms with E-state index in [0.717, 1.165) is 25.7 Å². The van der Waals surface area contributed by atoms with E-state index in [4.69, 9.17) is 18.9 Å². The normalized spacial score (nSPS) is 12.9. The number of allylic oxidation sites excluding steroid dienone is 2. The molecule has 0 bridgehead atoms. The third-order valence-corrected chi connectivity index (χ3v) is 6.59. The van der Waals surface area contributed by atoms with Gasteiger partial charge in [-0.1, -0.05) is 64.0 Å². The maximum Gasteiger partial charge on any atom is 0.287 e. The smallest absolute Gasteiger partial charge is 0.287 e. The summed E-state index contributed by atoms with van der Waals surface area (Å²) in [7, 11) is 0. The molecule has 37 heavy (non-hydrogen) atoms. The van der Waals surface area contributed by atoms with Crippen LogP contribution in [-0.2, 0) is 18.9 Å². The highest BCUT2D eigenvalue weighted by atomic mass is 16.8. The summed E-state index contributed by atoms with van der Waals surface area (Å²) in [6.45, 7) is 11.9. The first kappa shape index (κ1) is 36.5. The highest BCUT2D eigenvalue weighted by molar-refractivity contribution is 4.91. The standard InChI is InChI=1S/C30H61NO6/c1-6-11-12-13-14-15-16-17-18-19-20-21-22-23-24-29(34-7-2,35-8-3)30(36-9-4,37-10-5)31(25-27-32)26-28-33/h17-18,32-33H,6-16,19-28H2,1-5H3. The zero-order valence-corrected chi connectivity index (χ0v) is 25.0. The summed E-state index contributed by atoms with van der Waals surface area (Å²) in [5.74, 6) is -2.54. The van der Waals surface area contributed by atoms with Gasteiger partial charge in [0.2, 0.25) is 5.79 Å². The van der Waals surface area contributed by atoms with E-state index < -0.39 is 11.7 Å². The molecule has 0 aliphatic heterocycles.